The van der Waals surface area contributed by atoms with Gasteiger partial charge in [0.2, 0.25) is 11.6 Å². The van der Waals surface area contributed by atoms with Gasteiger partial charge < -0.3 is 5.32 Å². The number of carbonyl (C=O) groups excluding carboxylic acids is 1. The van der Waals surface area contributed by atoms with Crippen LogP contribution in [-0.2, 0) is 0 Å². The van der Waals surface area contributed by atoms with Gasteiger partial charge in [0.15, 0.2) is 0 Å². The number of amides is 1. The molecule has 0 bridgehead atoms. The Hall–Kier alpha value is -3.67. The maximum atomic E-state index is 13.8. The first-order chi connectivity index (χ1) is 13.9. The number of rotatable bonds is 6. The zero-order valence-electron chi connectivity index (χ0n) is 14.3. The van der Waals surface area contributed by atoms with E-state index in [-0.39, 0.29) is 17.1 Å². The fourth-order valence-electron chi connectivity index (χ4n) is 2.28. The minimum absolute atomic E-state index is 0.275. The van der Waals surface area contributed by atoms with E-state index in [1.165, 1.54) is 6.07 Å². The molecule has 0 unspecified atom stereocenters. The summed E-state index contributed by atoms with van der Waals surface area (Å²) in [5.41, 5.74) is 3.88. The quantitative estimate of drug-likeness (QED) is 0.373. The van der Waals surface area contributed by atoms with Crippen molar-refractivity contribution in [3.05, 3.63) is 80.6 Å². The maximum absolute atomic E-state index is 13.8. The highest BCUT2D eigenvalue weighted by atomic mass is 79.9. The molecule has 1 heterocycles. The molecule has 0 fully saturated rings. The van der Waals surface area contributed by atoms with Gasteiger partial charge in [-0.05, 0) is 40.2 Å². The van der Waals surface area contributed by atoms with Crippen molar-refractivity contribution in [2.75, 3.05) is 10.7 Å². The van der Waals surface area contributed by atoms with Gasteiger partial charge >= 0.3 is 5.69 Å². The zero-order valence-corrected chi connectivity index (χ0v) is 15.9. The van der Waals surface area contributed by atoms with E-state index in [2.05, 4.69) is 42.1 Å². The summed E-state index contributed by atoms with van der Waals surface area (Å²) in [6.07, 6.45) is 0.958. The first-order valence-electron chi connectivity index (χ1n) is 7.89. The van der Waals surface area contributed by atoms with Crippen LogP contribution in [0.25, 0.3) is 0 Å². The number of halogens is 3. The Bertz CT molecular complexity index is 1100. The minimum Gasteiger partial charge on any atom is -0.332 e. The Morgan fingerprint density at radius 1 is 1.10 bits per heavy atom. The van der Waals surface area contributed by atoms with Crippen molar-refractivity contribution in [3.8, 4) is 0 Å². The second kappa shape index (κ2) is 8.56. The van der Waals surface area contributed by atoms with Crippen LogP contribution in [-0.4, -0.2) is 20.8 Å². The number of benzene rings is 2. The molecule has 3 N–H and O–H groups in total. The summed E-state index contributed by atoms with van der Waals surface area (Å²) in [6.45, 7) is 0. The van der Waals surface area contributed by atoms with Crippen molar-refractivity contribution in [3.63, 3.8) is 0 Å². The molecule has 29 heavy (non-hydrogen) atoms. The van der Waals surface area contributed by atoms with E-state index in [1.807, 2.05) is 0 Å². The van der Waals surface area contributed by atoms with E-state index in [0.717, 1.165) is 24.5 Å². The van der Waals surface area contributed by atoms with Crippen LogP contribution in [0.3, 0.4) is 0 Å². The normalized spacial score (nSPS) is 10.3. The van der Waals surface area contributed by atoms with Gasteiger partial charge in [0, 0.05) is 10.5 Å². The smallest absolute Gasteiger partial charge is 0.332 e. The standard InChI is InChI=1S/C17H11BrF2N6O3/c18-11-4-2-1-3-10(11)17(27)25-24-16-14(26(28)29)15(21-8-22-16)23-13-7-9(19)5-6-12(13)20/h1-8H,(H,25,27)(H2,21,22,23,24). The molecule has 0 saturated heterocycles. The van der Waals surface area contributed by atoms with Gasteiger partial charge in [-0.25, -0.2) is 18.7 Å². The number of nitro groups is 1. The highest BCUT2D eigenvalue weighted by molar-refractivity contribution is 9.10. The molecule has 0 saturated carbocycles. The fourth-order valence-corrected chi connectivity index (χ4v) is 2.75. The molecule has 12 heteroatoms. The highest BCUT2D eigenvalue weighted by Crippen LogP contribution is 2.31. The monoisotopic (exact) mass is 464 g/mol. The third-order valence-corrected chi connectivity index (χ3v) is 4.29. The second-order valence-corrected chi connectivity index (χ2v) is 6.34. The van der Waals surface area contributed by atoms with Gasteiger partial charge in [0.05, 0.1) is 16.2 Å². The van der Waals surface area contributed by atoms with Gasteiger partial charge in [0.1, 0.15) is 18.0 Å². The molecule has 2 aromatic carbocycles. The Morgan fingerprint density at radius 3 is 2.55 bits per heavy atom. The van der Waals surface area contributed by atoms with Crippen molar-refractivity contribution in [1.82, 2.24) is 15.4 Å². The van der Waals surface area contributed by atoms with Crippen LogP contribution in [0.15, 0.2) is 53.3 Å². The van der Waals surface area contributed by atoms with E-state index in [9.17, 15) is 23.7 Å². The van der Waals surface area contributed by atoms with E-state index in [4.69, 9.17) is 0 Å². The Morgan fingerprint density at radius 2 is 1.83 bits per heavy atom. The Balaban J connectivity index is 1.87. The molecule has 0 radical (unpaired) electrons. The lowest BCUT2D eigenvalue weighted by Crippen LogP contribution is -2.30. The number of hydrogen-bond donors (Lipinski definition) is 3. The molecule has 0 spiro atoms. The van der Waals surface area contributed by atoms with Crippen LogP contribution in [0.4, 0.5) is 31.8 Å². The molecular formula is C17H11BrF2N6O3. The van der Waals surface area contributed by atoms with Crippen molar-refractivity contribution in [1.29, 1.82) is 0 Å². The first kappa shape index (κ1) is 20.1. The number of carbonyl (C=O) groups is 1. The average molecular weight is 465 g/mol. The van der Waals surface area contributed by atoms with Gasteiger partial charge in [-0.2, -0.15) is 0 Å². The average Bonchev–Trinajstić information content (AvgIpc) is 2.69. The number of nitrogens with zero attached hydrogens (tertiary/aromatic N) is 3. The molecule has 9 nitrogen and oxygen atoms in total. The summed E-state index contributed by atoms with van der Waals surface area (Å²) >= 11 is 3.22. The van der Waals surface area contributed by atoms with E-state index >= 15 is 0 Å². The molecule has 0 atom stereocenters. The molecule has 3 rings (SSSR count). The minimum atomic E-state index is -0.837. The number of hydrogen-bond acceptors (Lipinski definition) is 7. The molecule has 1 aromatic heterocycles. The van der Waals surface area contributed by atoms with Crippen LogP contribution in [0.5, 0.6) is 0 Å². The van der Waals surface area contributed by atoms with Crippen LogP contribution in [0, 0.1) is 21.7 Å². The summed E-state index contributed by atoms with van der Waals surface area (Å²) in [7, 11) is 0. The van der Waals surface area contributed by atoms with Crippen molar-refractivity contribution < 1.29 is 18.5 Å². The SMILES string of the molecule is O=C(NNc1ncnc(Nc2cc(F)ccc2F)c1[N+](=O)[O-])c1ccccc1Br. The fraction of sp³-hybridized carbons (Fsp3) is 0. The van der Waals surface area contributed by atoms with Crippen molar-refractivity contribution in [2.45, 2.75) is 0 Å². The molecule has 0 aliphatic heterocycles. The molecule has 1 amide bonds. The molecule has 0 aliphatic carbocycles. The number of anilines is 3. The van der Waals surface area contributed by atoms with Gasteiger partial charge in [0.25, 0.3) is 5.91 Å². The summed E-state index contributed by atoms with van der Waals surface area (Å²) in [5, 5.41) is 13.9. The third-order valence-electron chi connectivity index (χ3n) is 3.60. The molecular weight excluding hydrogens is 454 g/mol. The van der Waals surface area contributed by atoms with Gasteiger partial charge in [-0.3, -0.25) is 25.8 Å². The first-order valence-corrected chi connectivity index (χ1v) is 8.68. The van der Waals surface area contributed by atoms with Crippen molar-refractivity contribution >= 4 is 44.8 Å². The van der Waals surface area contributed by atoms with Crippen LogP contribution in [0.2, 0.25) is 0 Å². The number of aromatic nitrogens is 2. The lowest BCUT2D eigenvalue weighted by atomic mass is 10.2. The summed E-state index contributed by atoms with van der Waals surface area (Å²) < 4.78 is 27.7. The highest BCUT2D eigenvalue weighted by Gasteiger charge is 2.24. The maximum Gasteiger partial charge on any atom is 0.355 e. The largest absolute Gasteiger partial charge is 0.355 e. The lowest BCUT2D eigenvalue weighted by molar-refractivity contribution is -0.383. The summed E-state index contributed by atoms with van der Waals surface area (Å²) in [5.74, 6) is -2.92. The van der Waals surface area contributed by atoms with Gasteiger partial charge in [-0.15, -0.1) is 0 Å². The van der Waals surface area contributed by atoms with Crippen LogP contribution < -0.4 is 16.2 Å². The van der Waals surface area contributed by atoms with E-state index < -0.39 is 34.0 Å². The third kappa shape index (κ3) is 4.60. The van der Waals surface area contributed by atoms with Crippen LogP contribution >= 0.6 is 15.9 Å². The summed E-state index contributed by atoms with van der Waals surface area (Å²) in [4.78, 5) is 30.4. The van der Waals surface area contributed by atoms with Crippen LogP contribution in [0.1, 0.15) is 10.4 Å². The topological polar surface area (TPSA) is 122 Å². The summed E-state index contributed by atoms with van der Waals surface area (Å²) in [6, 6.07) is 9.13. The number of hydrazine groups is 1. The molecule has 148 valence electrons. The van der Waals surface area contributed by atoms with E-state index in [0.29, 0.717) is 4.47 Å². The van der Waals surface area contributed by atoms with E-state index in [1.54, 1.807) is 18.2 Å². The van der Waals surface area contributed by atoms with Crippen molar-refractivity contribution in [2.24, 2.45) is 0 Å². The second-order valence-electron chi connectivity index (χ2n) is 5.48. The predicted molar refractivity (Wildman–Crippen MR) is 104 cm³/mol. The van der Waals surface area contributed by atoms with Gasteiger partial charge in [-0.1, -0.05) is 12.1 Å². The predicted octanol–water partition coefficient (Wildman–Crippen LogP) is 3.93. The number of nitrogens with one attached hydrogen (secondary N) is 3. The Labute approximate surface area is 170 Å². The molecule has 0 aliphatic rings. The Kier molecular flexibility index (Phi) is 5.93. The zero-order chi connectivity index (χ0) is 21.0. The lowest BCUT2D eigenvalue weighted by Gasteiger charge is -2.12. The molecule has 3 aromatic rings.